The highest BCUT2D eigenvalue weighted by atomic mass is 16.4. The number of hydrogen-bond donors (Lipinski definition) is 4. The molecule has 0 unspecified atom stereocenters. The number of fused-ring (bicyclic) bond motifs is 1. The van der Waals surface area contributed by atoms with Crippen LogP contribution in [0.3, 0.4) is 0 Å². The zero-order chi connectivity index (χ0) is 13.2. The van der Waals surface area contributed by atoms with Crippen LogP contribution < -0.4 is 11.1 Å². The summed E-state index contributed by atoms with van der Waals surface area (Å²) in [4.78, 5) is 4.22. The zero-order valence-corrected chi connectivity index (χ0v) is 10.2. The van der Waals surface area contributed by atoms with E-state index in [4.69, 9.17) is 10.2 Å². The van der Waals surface area contributed by atoms with Crippen LogP contribution in [0.15, 0.2) is 22.6 Å². The number of hydrogen-bond acceptors (Lipinski definition) is 6. The Morgan fingerprint density at radius 3 is 2.67 bits per heavy atom. The molecule has 0 bridgehead atoms. The largest absolute Gasteiger partial charge is 0.423 e. The number of rotatable bonds is 5. The summed E-state index contributed by atoms with van der Waals surface area (Å²) in [6.45, 7) is 1.43. The molecule has 2 rings (SSSR count). The number of oxazole rings is 1. The molecule has 0 fully saturated rings. The Morgan fingerprint density at radius 2 is 2.11 bits per heavy atom. The van der Waals surface area contributed by atoms with Crippen molar-refractivity contribution >= 4 is 22.8 Å². The summed E-state index contributed by atoms with van der Waals surface area (Å²) in [5.74, 6) is 0. The lowest BCUT2D eigenvalue weighted by Crippen LogP contribution is -2.45. The normalized spacial score (nSPS) is 11.9. The van der Waals surface area contributed by atoms with Crippen LogP contribution in [0.4, 0.5) is 11.7 Å². The lowest BCUT2D eigenvalue weighted by atomic mass is 9.99. The van der Waals surface area contributed by atoms with Gasteiger partial charge in [0.15, 0.2) is 5.58 Å². The van der Waals surface area contributed by atoms with Crippen LogP contribution in [-0.2, 0) is 0 Å². The molecule has 6 nitrogen and oxygen atoms in total. The predicted octanol–water partition coefficient (Wildman–Crippen LogP) is 0.955. The monoisotopic (exact) mass is 251 g/mol. The number of aromatic nitrogens is 1. The third kappa shape index (κ3) is 2.12. The Morgan fingerprint density at radius 1 is 1.39 bits per heavy atom. The van der Waals surface area contributed by atoms with Crippen molar-refractivity contribution in [3.8, 4) is 0 Å². The minimum Gasteiger partial charge on any atom is -0.423 e. The molecule has 18 heavy (non-hydrogen) atoms. The van der Waals surface area contributed by atoms with E-state index in [9.17, 15) is 10.2 Å². The molecule has 1 aromatic heterocycles. The molecule has 6 heteroatoms. The van der Waals surface area contributed by atoms with Gasteiger partial charge in [-0.25, -0.2) is 0 Å². The van der Waals surface area contributed by atoms with Crippen molar-refractivity contribution in [1.29, 1.82) is 0 Å². The van der Waals surface area contributed by atoms with Crippen molar-refractivity contribution in [2.75, 3.05) is 24.3 Å². The third-order valence-corrected chi connectivity index (χ3v) is 3.10. The lowest BCUT2D eigenvalue weighted by molar-refractivity contribution is 0.130. The first kappa shape index (κ1) is 12.7. The lowest BCUT2D eigenvalue weighted by Gasteiger charge is -2.28. The molecule has 0 atom stereocenters. The molecule has 0 saturated carbocycles. The number of nitrogens with two attached hydrogens (primary N) is 1. The molecule has 0 aliphatic heterocycles. The van der Waals surface area contributed by atoms with Crippen molar-refractivity contribution in [3.63, 3.8) is 0 Å². The molecule has 0 spiro atoms. The van der Waals surface area contributed by atoms with Crippen molar-refractivity contribution in [3.05, 3.63) is 18.2 Å². The molecule has 2 aromatic rings. The second-order valence-corrected chi connectivity index (χ2v) is 4.29. The first-order valence-electron chi connectivity index (χ1n) is 5.79. The quantitative estimate of drug-likeness (QED) is 0.590. The van der Waals surface area contributed by atoms with Gasteiger partial charge in [-0.05, 0) is 18.6 Å². The van der Waals surface area contributed by atoms with Gasteiger partial charge in [-0.2, -0.15) is 4.98 Å². The van der Waals surface area contributed by atoms with Crippen molar-refractivity contribution in [2.45, 2.75) is 18.9 Å². The topological polar surface area (TPSA) is 105 Å². The maximum Gasteiger partial charge on any atom is 0.296 e. The van der Waals surface area contributed by atoms with Gasteiger partial charge in [-0.15, -0.1) is 0 Å². The van der Waals surface area contributed by atoms with Crippen LogP contribution in [0.5, 0.6) is 0 Å². The third-order valence-electron chi connectivity index (χ3n) is 3.10. The summed E-state index contributed by atoms with van der Waals surface area (Å²) >= 11 is 0. The van der Waals surface area contributed by atoms with Crippen LogP contribution in [0, 0.1) is 0 Å². The molecule has 1 heterocycles. The fraction of sp³-hybridized carbons (Fsp3) is 0.417. The van der Waals surface area contributed by atoms with Gasteiger partial charge in [-0.1, -0.05) is 13.0 Å². The summed E-state index contributed by atoms with van der Waals surface area (Å²) < 4.78 is 5.49. The summed E-state index contributed by atoms with van der Waals surface area (Å²) in [5, 5.41) is 21.6. The van der Waals surface area contributed by atoms with Gasteiger partial charge in [0.1, 0.15) is 5.52 Å². The number of aliphatic hydroxyl groups excluding tert-OH is 2. The standard InChI is InChI=1S/C12H17N3O3/c1-2-12(6-16,7-17)15-11-14-10-8(13)4-3-5-9(10)18-11/h3-5,16-17H,2,6-7,13H2,1H3,(H,14,15). The van der Waals surface area contributed by atoms with Gasteiger partial charge in [-0.3, -0.25) is 0 Å². The number of nitrogen functional groups attached to an aromatic ring is 1. The summed E-state index contributed by atoms with van der Waals surface area (Å²) in [6, 6.07) is 5.51. The number of anilines is 2. The second kappa shape index (κ2) is 4.83. The fourth-order valence-corrected chi connectivity index (χ4v) is 1.69. The van der Waals surface area contributed by atoms with Crippen molar-refractivity contribution in [1.82, 2.24) is 4.98 Å². The van der Waals surface area contributed by atoms with Crippen LogP contribution in [0.25, 0.3) is 11.1 Å². The van der Waals surface area contributed by atoms with E-state index >= 15 is 0 Å². The minimum absolute atomic E-state index is 0.214. The molecular formula is C12H17N3O3. The average Bonchev–Trinajstić information content (AvgIpc) is 2.80. The molecule has 98 valence electrons. The SMILES string of the molecule is CCC(CO)(CO)Nc1nc2c(N)cccc2o1. The molecule has 0 saturated heterocycles. The smallest absolute Gasteiger partial charge is 0.296 e. The first-order chi connectivity index (χ1) is 8.64. The fourth-order valence-electron chi connectivity index (χ4n) is 1.69. The van der Waals surface area contributed by atoms with E-state index in [1.54, 1.807) is 18.2 Å². The minimum atomic E-state index is -0.838. The maximum absolute atomic E-state index is 9.35. The van der Waals surface area contributed by atoms with Gasteiger partial charge < -0.3 is 25.7 Å². The average molecular weight is 251 g/mol. The second-order valence-electron chi connectivity index (χ2n) is 4.29. The van der Waals surface area contributed by atoms with Gasteiger partial charge in [0.25, 0.3) is 6.01 Å². The number of nitrogens with one attached hydrogen (secondary N) is 1. The van der Waals surface area contributed by atoms with Gasteiger partial charge in [0, 0.05) is 0 Å². The van der Waals surface area contributed by atoms with Gasteiger partial charge >= 0.3 is 0 Å². The molecule has 0 aliphatic rings. The molecule has 0 aliphatic carbocycles. The van der Waals surface area contributed by atoms with E-state index in [1.165, 1.54) is 0 Å². The van der Waals surface area contributed by atoms with E-state index in [-0.39, 0.29) is 19.2 Å². The van der Waals surface area contributed by atoms with Crippen molar-refractivity contribution < 1.29 is 14.6 Å². The highest BCUT2D eigenvalue weighted by Crippen LogP contribution is 2.26. The Kier molecular flexibility index (Phi) is 3.40. The summed E-state index contributed by atoms with van der Waals surface area (Å²) in [6.07, 6.45) is 0.536. The van der Waals surface area contributed by atoms with Crippen LogP contribution in [-0.4, -0.2) is 33.9 Å². The van der Waals surface area contributed by atoms with E-state index in [2.05, 4.69) is 10.3 Å². The first-order valence-corrected chi connectivity index (χ1v) is 5.79. The zero-order valence-electron chi connectivity index (χ0n) is 10.2. The number of nitrogens with zero attached hydrogens (tertiary/aromatic N) is 1. The highest BCUT2D eigenvalue weighted by Gasteiger charge is 2.28. The number of para-hydroxylation sites is 1. The molecule has 0 radical (unpaired) electrons. The molecular weight excluding hydrogens is 234 g/mol. The highest BCUT2D eigenvalue weighted by molar-refractivity contribution is 5.86. The van der Waals surface area contributed by atoms with E-state index in [1.807, 2.05) is 6.92 Å². The Hall–Kier alpha value is -1.79. The van der Waals surface area contributed by atoms with Gasteiger partial charge in [0.2, 0.25) is 0 Å². The van der Waals surface area contributed by atoms with Gasteiger partial charge in [0.05, 0.1) is 24.4 Å². The number of aliphatic hydroxyl groups is 2. The Bertz CT molecular complexity index is 526. The van der Waals surface area contributed by atoms with Crippen LogP contribution in [0.1, 0.15) is 13.3 Å². The van der Waals surface area contributed by atoms with E-state index in [0.717, 1.165) is 0 Å². The molecule has 0 amide bonds. The predicted molar refractivity (Wildman–Crippen MR) is 69.2 cm³/mol. The van der Waals surface area contributed by atoms with Crippen LogP contribution >= 0.6 is 0 Å². The van der Waals surface area contributed by atoms with Crippen LogP contribution in [0.2, 0.25) is 0 Å². The summed E-state index contributed by atoms with van der Waals surface area (Å²) in [7, 11) is 0. The van der Waals surface area contributed by atoms with Crippen molar-refractivity contribution in [2.24, 2.45) is 0 Å². The molecule has 5 N–H and O–H groups in total. The number of benzene rings is 1. The maximum atomic E-state index is 9.35. The molecule has 1 aromatic carbocycles. The van der Waals surface area contributed by atoms with E-state index in [0.29, 0.717) is 23.2 Å². The van der Waals surface area contributed by atoms with E-state index < -0.39 is 5.54 Å². The Balaban J connectivity index is 2.34. The summed E-state index contributed by atoms with van der Waals surface area (Å²) in [5.41, 5.74) is 6.61. The Labute approximate surface area is 104 Å².